The van der Waals surface area contributed by atoms with E-state index in [-0.39, 0.29) is 23.5 Å². The van der Waals surface area contributed by atoms with Crippen LogP contribution in [-0.2, 0) is 0 Å². The second kappa shape index (κ2) is 3.52. The summed E-state index contributed by atoms with van der Waals surface area (Å²) >= 11 is 0. The lowest BCUT2D eigenvalue weighted by molar-refractivity contribution is -0.00000591. The van der Waals surface area contributed by atoms with E-state index in [0.29, 0.717) is 6.04 Å². The molecule has 74 valence electrons. The lowest BCUT2D eigenvalue weighted by atomic mass is 9.80. The molecule has 2 nitrogen and oxygen atoms in total. The Morgan fingerprint density at radius 1 is 1.08 bits per heavy atom. The topological polar surface area (TPSA) is 38.0 Å². The molecule has 0 radical (unpaired) electrons. The van der Waals surface area contributed by atoms with Crippen molar-refractivity contribution in [3.05, 3.63) is 0 Å². The van der Waals surface area contributed by atoms with Crippen molar-refractivity contribution in [1.82, 2.24) is 5.32 Å². The van der Waals surface area contributed by atoms with E-state index in [0.717, 1.165) is 12.8 Å². The molecule has 0 aromatic heterocycles. The number of nitrogens with two attached hydrogens (primary N) is 1. The summed E-state index contributed by atoms with van der Waals surface area (Å²) in [6, 6.07) is 0.362. The van der Waals surface area contributed by atoms with Crippen LogP contribution in [0.15, 0.2) is 0 Å². The van der Waals surface area contributed by atoms with E-state index in [9.17, 15) is 0 Å². The molecule has 0 aromatic carbocycles. The van der Waals surface area contributed by atoms with Crippen LogP contribution in [0.4, 0.5) is 0 Å². The van der Waals surface area contributed by atoms with Crippen molar-refractivity contribution in [2.45, 2.75) is 57.7 Å². The normalized spacial score (nSPS) is 27.8. The number of nitrogens with one attached hydrogen (secondary N) is 1. The first kappa shape index (κ1) is 12.2. The van der Waals surface area contributed by atoms with Gasteiger partial charge in [0.05, 0.1) is 0 Å². The standard InChI is InChI=1S/C9H20N2.ClH/c1-8(2)5-7(10)6-9(3,4)11-8;/h7,11H,5-6,10H2,1-4H3;1H/p-1. The van der Waals surface area contributed by atoms with E-state index in [1.165, 1.54) is 0 Å². The highest BCUT2D eigenvalue weighted by atomic mass is 35.5. The Labute approximate surface area is 81.7 Å². The molecule has 12 heavy (non-hydrogen) atoms. The number of rotatable bonds is 0. The largest absolute Gasteiger partial charge is 1.00 e. The van der Waals surface area contributed by atoms with Crippen molar-refractivity contribution >= 4 is 0 Å². The van der Waals surface area contributed by atoms with Crippen LogP contribution < -0.4 is 23.5 Å². The van der Waals surface area contributed by atoms with Gasteiger partial charge in [0.25, 0.3) is 0 Å². The van der Waals surface area contributed by atoms with E-state index in [4.69, 9.17) is 5.73 Å². The van der Waals surface area contributed by atoms with Gasteiger partial charge in [-0.15, -0.1) is 0 Å². The van der Waals surface area contributed by atoms with Crippen LogP contribution in [0, 0.1) is 0 Å². The van der Waals surface area contributed by atoms with Crippen molar-refractivity contribution in [3.63, 3.8) is 0 Å². The van der Waals surface area contributed by atoms with E-state index in [1.54, 1.807) is 0 Å². The Morgan fingerprint density at radius 3 is 1.67 bits per heavy atom. The highest BCUT2D eigenvalue weighted by Gasteiger charge is 2.35. The van der Waals surface area contributed by atoms with Crippen molar-refractivity contribution in [2.75, 3.05) is 0 Å². The zero-order chi connectivity index (χ0) is 8.70. The second-order valence-electron chi connectivity index (χ2n) is 5.06. The minimum absolute atomic E-state index is 0. The summed E-state index contributed by atoms with van der Waals surface area (Å²) in [6.45, 7) is 8.86. The molecule has 1 aliphatic heterocycles. The third kappa shape index (κ3) is 3.30. The van der Waals surface area contributed by atoms with Crippen LogP contribution in [0.2, 0.25) is 0 Å². The summed E-state index contributed by atoms with van der Waals surface area (Å²) in [5.41, 5.74) is 6.36. The van der Waals surface area contributed by atoms with E-state index in [1.807, 2.05) is 0 Å². The molecule has 0 unspecified atom stereocenters. The molecular formula is C9H20ClN2-. The Hall–Kier alpha value is 0.210. The highest BCUT2D eigenvalue weighted by Crippen LogP contribution is 2.26. The third-order valence-corrected chi connectivity index (χ3v) is 2.22. The molecule has 0 aliphatic carbocycles. The molecular weight excluding hydrogens is 172 g/mol. The van der Waals surface area contributed by atoms with Crippen LogP contribution in [0.25, 0.3) is 0 Å². The van der Waals surface area contributed by atoms with Gasteiger partial charge in [-0.2, -0.15) is 0 Å². The van der Waals surface area contributed by atoms with Gasteiger partial charge in [-0.05, 0) is 40.5 Å². The summed E-state index contributed by atoms with van der Waals surface area (Å²) in [5, 5.41) is 3.58. The smallest absolute Gasteiger partial charge is 0.0144 e. The molecule has 1 aliphatic rings. The highest BCUT2D eigenvalue weighted by molar-refractivity contribution is 4.98. The molecule has 3 N–H and O–H groups in total. The van der Waals surface area contributed by atoms with Gasteiger partial charge in [0.1, 0.15) is 0 Å². The Kier molecular flexibility index (Phi) is 3.59. The Morgan fingerprint density at radius 2 is 1.42 bits per heavy atom. The van der Waals surface area contributed by atoms with Gasteiger partial charge in [0.2, 0.25) is 0 Å². The molecule has 0 spiro atoms. The summed E-state index contributed by atoms with van der Waals surface area (Å²) in [6.07, 6.45) is 2.16. The quantitative estimate of drug-likeness (QED) is 0.477. The first-order valence-corrected chi connectivity index (χ1v) is 4.36. The zero-order valence-corrected chi connectivity index (χ0v) is 9.20. The fraction of sp³-hybridized carbons (Fsp3) is 1.00. The molecule has 0 aromatic rings. The number of piperidine rings is 1. The molecule has 0 bridgehead atoms. The molecule has 1 rings (SSSR count). The van der Waals surface area contributed by atoms with Gasteiger partial charge < -0.3 is 23.5 Å². The van der Waals surface area contributed by atoms with Crippen molar-refractivity contribution < 1.29 is 12.4 Å². The van der Waals surface area contributed by atoms with Crippen LogP contribution in [0.5, 0.6) is 0 Å². The fourth-order valence-corrected chi connectivity index (χ4v) is 2.40. The van der Waals surface area contributed by atoms with E-state index >= 15 is 0 Å². The van der Waals surface area contributed by atoms with Gasteiger partial charge in [0.15, 0.2) is 0 Å². The van der Waals surface area contributed by atoms with Crippen molar-refractivity contribution in [3.8, 4) is 0 Å². The van der Waals surface area contributed by atoms with E-state index in [2.05, 4.69) is 33.0 Å². The van der Waals surface area contributed by atoms with Crippen molar-refractivity contribution in [1.29, 1.82) is 0 Å². The number of hydrogen-bond donors (Lipinski definition) is 2. The lowest BCUT2D eigenvalue weighted by Gasteiger charge is -2.45. The summed E-state index contributed by atoms with van der Waals surface area (Å²) in [4.78, 5) is 0. The van der Waals surface area contributed by atoms with Gasteiger partial charge in [0, 0.05) is 17.1 Å². The van der Waals surface area contributed by atoms with Crippen molar-refractivity contribution in [2.24, 2.45) is 5.73 Å². The SMILES string of the molecule is CC1(C)CC(N)CC(C)(C)N1.[Cl-]. The van der Waals surface area contributed by atoms with Gasteiger partial charge in [-0.25, -0.2) is 0 Å². The van der Waals surface area contributed by atoms with Gasteiger partial charge >= 0.3 is 0 Å². The first-order valence-electron chi connectivity index (χ1n) is 4.36. The average molecular weight is 192 g/mol. The van der Waals surface area contributed by atoms with Gasteiger partial charge in [-0.3, -0.25) is 0 Å². The zero-order valence-electron chi connectivity index (χ0n) is 8.45. The first-order chi connectivity index (χ1) is 4.81. The molecule has 0 atom stereocenters. The minimum atomic E-state index is 0. The maximum absolute atomic E-state index is 5.95. The molecule has 0 amide bonds. The molecule has 1 saturated heterocycles. The monoisotopic (exact) mass is 191 g/mol. The molecule has 1 heterocycles. The second-order valence-corrected chi connectivity index (χ2v) is 5.06. The van der Waals surface area contributed by atoms with Crippen LogP contribution >= 0.6 is 0 Å². The van der Waals surface area contributed by atoms with E-state index < -0.39 is 0 Å². The van der Waals surface area contributed by atoms with Crippen LogP contribution in [-0.4, -0.2) is 17.1 Å². The third-order valence-electron chi connectivity index (χ3n) is 2.22. The van der Waals surface area contributed by atoms with Crippen LogP contribution in [0.1, 0.15) is 40.5 Å². The predicted molar refractivity (Wildman–Crippen MR) is 48.5 cm³/mol. The number of halogens is 1. The summed E-state index contributed by atoms with van der Waals surface area (Å²) < 4.78 is 0. The summed E-state index contributed by atoms with van der Waals surface area (Å²) in [5.74, 6) is 0. The summed E-state index contributed by atoms with van der Waals surface area (Å²) in [7, 11) is 0. The average Bonchev–Trinajstić information content (AvgIpc) is 1.49. The van der Waals surface area contributed by atoms with Gasteiger partial charge in [-0.1, -0.05) is 0 Å². The Balaban J connectivity index is 0.00000121. The minimum Gasteiger partial charge on any atom is -1.00 e. The predicted octanol–water partition coefficient (Wildman–Crippen LogP) is -1.74. The molecule has 1 fully saturated rings. The number of hydrogen-bond acceptors (Lipinski definition) is 2. The maximum Gasteiger partial charge on any atom is 0.0144 e. The lowest BCUT2D eigenvalue weighted by Crippen LogP contribution is -3.00. The van der Waals surface area contributed by atoms with Crippen LogP contribution in [0.3, 0.4) is 0 Å². The molecule has 0 saturated carbocycles. The molecule has 3 heteroatoms. The fourth-order valence-electron chi connectivity index (χ4n) is 2.40. The Bertz CT molecular complexity index is 139. The maximum atomic E-state index is 5.95.